The van der Waals surface area contributed by atoms with Gasteiger partial charge in [0, 0.05) is 26.2 Å². The molecule has 0 fully saturated rings. The maximum atomic E-state index is 13.5. The zero-order valence-electron chi connectivity index (χ0n) is 15.1. The number of fused-ring (bicyclic) bond motifs is 1. The van der Waals surface area contributed by atoms with Gasteiger partial charge in [-0.2, -0.15) is 0 Å². The Kier molecular flexibility index (Phi) is 5.53. The van der Waals surface area contributed by atoms with Gasteiger partial charge in [0.1, 0.15) is 5.00 Å². The molecule has 6 heteroatoms. The molecule has 1 aromatic heterocycles. The number of hydrogen-bond donors (Lipinski definition) is 1. The number of carbonyl (C=O) groups excluding carboxylic acids is 1. The third-order valence-electron chi connectivity index (χ3n) is 3.96. The summed E-state index contributed by atoms with van der Waals surface area (Å²) in [5.74, 6) is 1.04. The molecule has 0 aliphatic heterocycles. The molecule has 1 heterocycles. The van der Waals surface area contributed by atoms with E-state index in [1.165, 1.54) is 0 Å². The summed E-state index contributed by atoms with van der Waals surface area (Å²) in [5.41, 5.74) is 1.23. The van der Waals surface area contributed by atoms with E-state index in [-0.39, 0.29) is 11.8 Å². The van der Waals surface area contributed by atoms with Crippen molar-refractivity contribution in [2.45, 2.75) is 19.9 Å². The Morgan fingerprint density at radius 3 is 2.42 bits per heavy atom. The number of hydrogen-bond acceptors (Lipinski definition) is 5. The van der Waals surface area contributed by atoms with Gasteiger partial charge in [-0.15, -0.1) is 11.3 Å². The van der Waals surface area contributed by atoms with Crippen molar-refractivity contribution in [3.05, 3.63) is 52.0 Å². The molecule has 0 saturated carbocycles. The Morgan fingerprint density at radius 1 is 1.12 bits per heavy atom. The van der Waals surface area contributed by atoms with E-state index in [9.17, 15) is 4.79 Å². The quantitative estimate of drug-likeness (QED) is 0.504. The number of halogens is 1. The summed E-state index contributed by atoms with van der Waals surface area (Å²) in [6, 6.07) is 11.7. The number of anilines is 1. The van der Waals surface area contributed by atoms with E-state index in [0.717, 1.165) is 15.1 Å². The van der Waals surface area contributed by atoms with Gasteiger partial charge in [-0.3, -0.25) is 4.79 Å². The average Bonchev–Trinajstić information content (AvgIpc) is 2.97. The first kappa shape index (κ1) is 18.7. The summed E-state index contributed by atoms with van der Waals surface area (Å²) in [6.45, 7) is 4.12. The number of thiophene rings is 1. The van der Waals surface area contributed by atoms with Crippen LogP contribution in [0.2, 0.25) is 0 Å². The standard InChI is InChI=1S/C20H20BrNO3S/c1-11(2)22-20-18(12-7-5-6-8-17(12)26-20)19(23)13-9-15(24-3)16(25-4)10-14(13)21/h5-11,22H,1-4H3. The highest BCUT2D eigenvalue weighted by atomic mass is 79.9. The van der Waals surface area contributed by atoms with Crippen LogP contribution in [0.3, 0.4) is 0 Å². The SMILES string of the molecule is COc1cc(Br)c(C(=O)c2c(NC(C)C)sc3ccccc23)cc1OC. The lowest BCUT2D eigenvalue weighted by molar-refractivity contribution is 0.104. The second-order valence-electron chi connectivity index (χ2n) is 6.12. The van der Waals surface area contributed by atoms with Gasteiger partial charge in [0.25, 0.3) is 0 Å². The molecule has 0 bridgehead atoms. The Hall–Kier alpha value is -2.05. The zero-order chi connectivity index (χ0) is 18.8. The van der Waals surface area contributed by atoms with Crippen molar-refractivity contribution in [2.24, 2.45) is 0 Å². The van der Waals surface area contributed by atoms with Gasteiger partial charge in [-0.25, -0.2) is 0 Å². The zero-order valence-corrected chi connectivity index (χ0v) is 17.5. The van der Waals surface area contributed by atoms with Crippen molar-refractivity contribution in [1.29, 1.82) is 0 Å². The number of rotatable bonds is 6. The first-order valence-electron chi connectivity index (χ1n) is 8.20. The molecule has 0 saturated heterocycles. The van der Waals surface area contributed by atoms with Gasteiger partial charge in [0.05, 0.1) is 19.8 Å². The molecule has 0 amide bonds. The monoisotopic (exact) mass is 433 g/mol. The Bertz CT molecular complexity index is 965. The third-order valence-corrected chi connectivity index (χ3v) is 5.72. The van der Waals surface area contributed by atoms with Crippen LogP contribution in [0.5, 0.6) is 11.5 Å². The molecule has 2 aromatic carbocycles. The fraction of sp³-hybridized carbons (Fsp3) is 0.250. The van der Waals surface area contributed by atoms with Gasteiger partial charge >= 0.3 is 0 Å². The van der Waals surface area contributed by atoms with E-state index in [0.29, 0.717) is 27.1 Å². The van der Waals surface area contributed by atoms with Gasteiger partial charge in [0.15, 0.2) is 17.3 Å². The lowest BCUT2D eigenvalue weighted by atomic mass is 10.0. The van der Waals surface area contributed by atoms with Crippen molar-refractivity contribution >= 4 is 48.1 Å². The molecule has 3 rings (SSSR count). The van der Waals surface area contributed by atoms with E-state index < -0.39 is 0 Å². The van der Waals surface area contributed by atoms with Crippen molar-refractivity contribution in [1.82, 2.24) is 0 Å². The fourth-order valence-electron chi connectivity index (χ4n) is 2.80. The summed E-state index contributed by atoms with van der Waals surface area (Å²) in [5, 5.41) is 5.24. The van der Waals surface area contributed by atoms with E-state index in [4.69, 9.17) is 9.47 Å². The first-order chi connectivity index (χ1) is 12.5. The number of nitrogens with one attached hydrogen (secondary N) is 1. The van der Waals surface area contributed by atoms with Crippen LogP contribution >= 0.6 is 27.3 Å². The minimum atomic E-state index is -0.0570. The van der Waals surface area contributed by atoms with E-state index >= 15 is 0 Å². The number of carbonyl (C=O) groups is 1. The largest absolute Gasteiger partial charge is 0.493 e. The predicted molar refractivity (Wildman–Crippen MR) is 111 cm³/mol. The molecule has 0 aliphatic rings. The number of benzene rings is 2. The lowest BCUT2D eigenvalue weighted by Crippen LogP contribution is -2.12. The van der Waals surface area contributed by atoms with Crippen LogP contribution in [0.4, 0.5) is 5.00 Å². The highest BCUT2D eigenvalue weighted by Gasteiger charge is 2.24. The van der Waals surface area contributed by atoms with Gasteiger partial charge in [-0.05, 0) is 48.0 Å². The van der Waals surface area contributed by atoms with Gasteiger partial charge in [0.2, 0.25) is 0 Å². The van der Waals surface area contributed by atoms with E-state index in [1.54, 1.807) is 37.7 Å². The second-order valence-corrected chi connectivity index (χ2v) is 8.02. The van der Waals surface area contributed by atoms with E-state index in [1.807, 2.05) is 24.3 Å². The smallest absolute Gasteiger partial charge is 0.197 e. The molecule has 0 unspecified atom stereocenters. The minimum absolute atomic E-state index is 0.0570. The lowest BCUT2D eigenvalue weighted by Gasteiger charge is -2.13. The molecular formula is C20H20BrNO3S. The Labute approximate surface area is 165 Å². The molecule has 0 radical (unpaired) electrons. The van der Waals surface area contributed by atoms with Crippen molar-refractivity contribution < 1.29 is 14.3 Å². The molecule has 4 nitrogen and oxygen atoms in total. The predicted octanol–water partition coefficient (Wildman–Crippen LogP) is 5.73. The van der Waals surface area contributed by atoms with Crippen molar-refractivity contribution in [2.75, 3.05) is 19.5 Å². The summed E-state index contributed by atoms with van der Waals surface area (Å²) in [6.07, 6.45) is 0. The van der Waals surface area contributed by atoms with Crippen molar-refractivity contribution in [3.8, 4) is 11.5 Å². The first-order valence-corrected chi connectivity index (χ1v) is 9.81. The summed E-state index contributed by atoms with van der Waals surface area (Å²) in [4.78, 5) is 13.5. The van der Waals surface area contributed by atoms with Crippen LogP contribution in [-0.4, -0.2) is 26.0 Å². The molecular weight excluding hydrogens is 414 g/mol. The molecule has 26 heavy (non-hydrogen) atoms. The average molecular weight is 434 g/mol. The summed E-state index contributed by atoms with van der Waals surface area (Å²) >= 11 is 5.10. The van der Waals surface area contributed by atoms with E-state index in [2.05, 4.69) is 35.1 Å². The highest BCUT2D eigenvalue weighted by molar-refractivity contribution is 9.10. The number of methoxy groups -OCH3 is 2. The topological polar surface area (TPSA) is 47.6 Å². The second kappa shape index (κ2) is 7.68. The Balaban J connectivity index is 2.19. The highest BCUT2D eigenvalue weighted by Crippen LogP contribution is 2.40. The maximum Gasteiger partial charge on any atom is 0.197 e. The Morgan fingerprint density at radius 2 is 1.77 bits per heavy atom. The molecule has 0 aliphatic carbocycles. The summed E-state index contributed by atoms with van der Waals surface area (Å²) in [7, 11) is 3.13. The number of ether oxygens (including phenoxy) is 2. The van der Waals surface area contributed by atoms with Crippen molar-refractivity contribution in [3.63, 3.8) is 0 Å². The van der Waals surface area contributed by atoms with Gasteiger partial charge in [-0.1, -0.05) is 18.2 Å². The molecule has 136 valence electrons. The van der Waals surface area contributed by atoms with Gasteiger partial charge < -0.3 is 14.8 Å². The summed E-state index contributed by atoms with van der Waals surface area (Å²) < 4.78 is 12.4. The van der Waals surface area contributed by atoms with Crippen LogP contribution in [0.1, 0.15) is 29.8 Å². The normalized spacial score (nSPS) is 11.0. The maximum absolute atomic E-state index is 13.5. The molecule has 3 aromatic rings. The molecule has 0 atom stereocenters. The number of ketones is 1. The fourth-order valence-corrected chi connectivity index (χ4v) is 4.55. The minimum Gasteiger partial charge on any atom is -0.493 e. The third kappa shape index (κ3) is 3.44. The molecule has 0 spiro atoms. The van der Waals surface area contributed by atoms with Crippen LogP contribution in [0.15, 0.2) is 40.9 Å². The van der Waals surface area contributed by atoms with Crippen LogP contribution < -0.4 is 14.8 Å². The molecule has 1 N–H and O–H groups in total. The van der Waals surface area contributed by atoms with Crippen LogP contribution in [0.25, 0.3) is 10.1 Å². The van der Waals surface area contributed by atoms with Crippen LogP contribution in [0, 0.1) is 0 Å². The van der Waals surface area contributed by atoms with Crippen LogP contribution in [-0.2, 0) is 0 Å².